The van der Waals surface area contributed by atoms with E-state index in [1.54, 1.807) is 0 Å². The van der Waals surface area contributed by atoms with Crippen molar-refractivity contribution in [3.63, 3.8) is 0 Å². The summed E-state index contributed by atoms with van der Waals surface area (Å²) in [6, 6.07) is 0. The molecule has 2 heteroatoms. The minimum absolute atomic E-state index is 0.653. The molecule has 0 spiro atoms. The average Bonchev–Trinajstić information content (AvgIpc) is 2.27. The fourth-order valence-electron chi connectivity index (χ4n) is 1.80. The molecule has 0 fully saturated rings. The molecule has 0 bridgehead atoms. The van der Waals surface area contributed by atoms with Crippen molar-refractivity contribution in [3.8, 4) is 0 Å². The quantitative estimate of drug-likeness (QED) is 0.503. The van der Waals surface area contributed by atoms with E-state index in [0.717, 1.165) is 6.73 Å². The zero-order valence-corrected chi connectivity index (χ0v) is 6.72. The first-order valence-corrected chi connectivity index (χ1v) is 3.80. The van der Waals surface area contributed by atoms with E-state index in [0.29, 0.717) is 11.8 Å². The van der Waals surface area contributed by atoms with Crippen molar-refractivity contribution in [2.24, 2.45) is 11.8 Å². The van der Waals surface area contributed by atoms with Gasteiger partial charge in [-0.05, 0) is 0 Å². The second kappa shape index (κ2) is 1.68. The first kappa shape index (κ1) is 6.08. The molecule has 2 atom stereocenters. The van der Waals surface area contributed by atoms with E-state index >= 15 is 0 Å². The highest BCUT2D eigenvalue weighted by Gasteiger charge is 2.41. The van der Waals surface area contributed by atoms with Crippen LogP contribution in [-0.2, 0) is 4.74 Å². The van der Waals surface area contributed by atoms with Crippen LogP contribution < -0.4 is 0 Å². The summed E-state index contributed by atoms with van der Waals surface area (Å²) in [6.45, 7) is 5.25. The van der Waals surface area contributed by atoms with Gasteiger partial charge < -0.3 is 9.64 Å². The largest absolute Gasteiger partial charge is 0.475 e. The standard InChI is InChI=1S/C8H13NO/c1-5-6(2)8-7(5)9(3)4-10-8/h5-6H,4H2,1-3H3. The van der Waals surface area contributed by atoms with Crippen LogP contribution in [0.4, 0.5) is 0 Å². The van der Waals surface area contributed by atoms with Gasteiger partial charge in [0.1, 0.15) is 5.76 Å². The molecule has 0 radical (unpaired) electrons. The van der Waals surface area contributed by atoms with Gasteiger partial charge in [0.05, 0.1) is 5.70 Å². The molecule has 2 rings (SSSR count). The van der Waals surface area contributed by atoms with Crippen molar-refractivity contribution >= 4 is 0 Å². The molecule has 1 aliphatic heterocycles. The van der Waals surface area contributed by atoms with Crippen LogP contribution in [-0.4, -0.2) is 18.7 Å². The maximum absolute atomic E-state index is 5.45. The van der Waals surface area contributed by atoms with Crippen LogP contribution >= 0.6 is 0 Å². The third kappa shape index (κ3) is 0.498. The smallest absolute Gasteiger partial charge is 0.160 e. The Labute approximate surface area is 61.5 Å². The van der Waals surface area contributed by atoms with Crippen molar-refractivity contribution in [2.45, 2.75) is 13.8 Å². The van der Waals surface area contributed by atoms with Crippen LogP contribution in [0.2, 0.25) is 0 Å². The van der Waals surface area contributed by atoms with E-state index in [4.69, 9.17) is 4.74 Å². The lowest BCUT2D eigenvalue weighted by atomic mass is 9.79. The highest BCUT2D eigenvalue weighted by molar-refractivity contribution is 5.27. The van der Waals surface area contributed by atoms with Gasteiger partial charge in [-0.25, -0.2) is 0 Å². The van der Waals surface area contributed by atoms with Crippen LogP contribution in [0.1, 0.15) is 13.8 Å². The molecule has 1 heterocycles. The van der Waals surface area contributed by atoms with E-state index in [1.165, 1.54) is 11.5 Å². The topological polar surface area (TPSA) is 12.5 Å². The molecule has 2 aliphatic rings. The van der Waals surface area contributed by atoms with Crippen LogP contribution in [0.5, 0.6) is 0 Å². The second-order valence-corrected chi connectivity index (χ2v) is 3.30. The number of nitrogens with zero attached hydrogens (tertiary/aromatic N) is 1. The molecule has 0 aromatic heterocycles. The van der Waals surface area contributed by atoms with Gasteiger partial charge in [-0.1, -0.05) is 13.8 Å². The molecule has 0 N–H and O–H groups in total. The van der Waals surface area contributed by atoms with Gasteiger partial charge in [-0.15, -0.1) is 0 Å². The molecule has 0 aromatic carbocycles. The fourth-order valence-corrected chi connectivity index (χ4v) is 1.80. The van der Waals surface area contributed by atoms with Gasteiger partial charge in [0.15, 0.2) is 6.73 Å². The molecule has 0 amide bonds. The van der Waals surface area contributed by atoms with Crippen LogP contribution in [0.25, 0.3) is 0 Å². The molecule has 10 heavy (non-hydrogen) atoms. The fraction of sp³-hybridized carbons (Fsp3) is 0.750. The first-order chi connectivity index (χ1) is 4.72. The number of rotatable bonds is 0. The molecule has 1 aliphatic carbocycles. The lowest BCUT2D eigenvalue weighted by Gasteiger charge is -2.33. The zero-order valence-electron chi connectivity index (χ0n) is 6.72. The average molecular weight is 139 g/mol. The number of hydrogen-bond acceptors (Lipinski definition) is 2. The van der Waals surface area contributed by atoms with Crippen LogP contribution in [0.3, 0.4) is 0 Å². The summed E-state index contributed by atoms with van der Waals surface area (Å²) >= 11 is 0. The molecule has 0 saturated heterocycles. The van der Waals surface area contributed by atoms with Crippen molar-refractivity contribution in [1.29, 1.82) is 0 Å². The van der Waals surface area contributed by atoms with E-state index in [-0.39, 0.29) is 0 Å². The Morgan fingerprint density at radius 1 is 1.40 bits per heavy atom. The lowest BCUT2D eigenvalue weighted by molar-refractivity contribution is 0.154. The van der Waals surface area contributed by atoms with Gasteiger partial charge in [0.2, 0.25) is 0 Å². The Morgan fingerprint density at radius 3 is 2.70 bits per heavy atom. The summed E-state index contributed by atoms with van der Waals surface area (Å²) in [4.78, 5) is 2.19. The predicted molar refractivity (Wildman–Crippen MR) is 39.1 cm³/mol. The highest BCUT2D eigenvalue weighted by Crippen LogP contribution is 2.45. The molecular weight excluding hydrogens is 126 g/mol. The summed E-state index contributed by atoms with van der Waals surface area (Å²) in [6.07, 6.45) is 0. The Morgan fingerprint density at radius 2 is 2.10 bits per heavy atom. The number of ether oxygens (including phenoxy) is 1. The molecule has 0 saturated carbocycles. The van der Waals surface area contributed by atoms with E-state index < -0.39 is 0 Å². The van der Waals surface area contributed by atoms with Gasteiger partial charge in [-0.2, -0.15) is 0 Å². The monoisotopic (exact) mass is 139 g/mol. The van der Waals surface area contributed by atoms with Crippen LogP contribution in [0, 0.1) is 11.8 Å². The normalized spacial score (nSPS) is 37.3. The van der Waals surface area contributed by atoms with Crippen LogP contribution in [0.15, 0.2) is 11.5 Å². The van der Waals surface area contributed by atoms with Gasteiger partial charge >= 0.3 is 0 Å². The highest BCUT2D eigenvalue weighted by atomic mass is 16.5. The van der Waals surface area contributed by atoms with Gasteiger partial charge in [0.25, 0.3) is 0 Å². The predicted octanol–water partition coefficient (Wildman–Crippen LogP) is 1.40. The maximum atomic E-state index is 5.45. The summed E-state index contributed by atoms with van der Waals surface area (Å²) in [7, 11) is 2.09. The Hall–Kier alpha value is -0.660. The molecular formula is C8H13NO. The Kier molecular flexibility index (Phi) is 1.02. The third-order valence-corrected chi connectivity index (χ3v) is 2.67. The number of hydrogen-bond donors (Lipinski definition) is 0. The zero-order chi connectivity index (χ0) is 7.30. The van der Waals surface area contributed by atoms with Crippen molar-refractivity contribution < 1.29 is 4.74 Å². The summed E-state index contributed by atoms with van der Waals surface area (Å²) in [5, 5.41) is 0. The maximum Gasteiger partial charge on any atom is 0.160 e. The van der Waals surface area contributed by atoms with Gasteiger partial charge in [0, 0.05) is 18.9 Å². The van der Waals surface area contributed by atoms with Crippen molar-refractivity contribution in [2.75, 3.05) is 13.8 Å². The number of allylic oxidation sites excluding steroid dienone is 2. The minimum Gasteiger partial charge on any atom is -0.475 e. The molecule has 0 aromatic rings. The lowest BCUT2D eigenvalue weighted by Crippen LogP contribution is -2.29. The third-order valence-electron chi connectivity index (χ3n) is 2.67. The van der Waals surface area contributed by atoms with E-state index in [2.05, 4.69) is 25.8 Å². The summed E-state index contributed by atoms with van der Waals surface area (Å²) in [5.74, 6) is 2.59. The first-order valence-electron chi connectivity index (χ1n) is 3.80. The van der Waals surface area contributed by atoms with Crippen molar-refractivity contribution in [3.05, 3.63) is 11.5 Å². The summed E-state index contributed by atoms with van der Waals surface area (Å²) < 4.78 is 5.45. The minimum atomic E-state index is 0.653. The Bertz CT molecular complexity index is 197. The molecule has 2 unspecified atom stereocenters. The van der Waals surface area contributed by atoms with E-state index in [1.807, 2.05) is 0 Å². The van der Waals surface area contributed by atoms with E-state index in [9.17, 15) is 0 Å². The Balaban J connectivity index is 2.28. The second-order valence-electron chi connectivity index (χ2n) is 3.30. The van der Waals surface area contributed by atoms with Gasteiger partial charge in [-0.3, -0.25) is 0 Å². The molecule has 2 nitrogen and oxygen atoms in total. The SMILES string of the molecule is CC1C2=C(C1C)N(C)CO2. The molecule has 56 valence electrons. The summed E-state index contributed by atoms with van der Waals surface area (Å²) in [5.41, 5.74) is 1.42. The van der Waals surface area contributed by atoms with Crippen molar-refractivity contribution in [1.82, 2.24) is 4.90 Å².